The molecule has 2 aliphatic rings. The molecule has 0 spiro atoms. The topological polar surface area (TPSA) is 41.6 Å². The van der Waals surface area contributed by atoms with Crippen LogP contribution in [0, 0.1) is 5.82 Å². The highest BCUT2D eigenvalue weighted by molar-refractivity contribution is 5.91. The van der Waals surface area contributed by atoms with Gasteiger partial charge in [0.15, 0.2) is 0 Å². The van der Waals surface area contributed by atoms with Crippen LogP contribution in [-0.4, -0.2) is 37.0 Å². The molecule has 1 aliphatic carbocycles. The molecule has 1 N–H and O–H groups in total. The highest BCUT2D eigenvalue weighted by atomic mass is 19.1. The fraction of sp³-hybridized carbons (Fsp3) is 0.435. The van der Waals surface area contributed by atoms with Gasteiger partial charge in [-0.15, -0.1) is 0 Å². The van der Waals surface area contributed by atoms with Crippen molar-refractivity contribution in [3.8, 4) is 5.75 Å². The summed E-state index contributed by atoms with van der Waals surface area (Å²) >= 11 is 0. The number of hydrogen-bond acceptors (Lipinski definition) is 3. The summed E-state index contributed by atoms with van der Waals surface area (Å²) in [5.74, 6) is 0.559. The molecule has 1 saturated heterocycles. The molecule has 1 heterocycles. The minimum Gasteiger partial charge on any atom is -0.497 e. The van der Waals surface area contributed by atoms with Gasteiger partial charge >= 0.3 is 0 Å². The fourth-order valence-electron chi connectivity index (χ4n) is 4.26. The van der Waals surface area contributed by atoms with E-state index in [1.807, 2.05) is 18.2 Å². The number of nitrogens with one attached hydrogen (secondary N) is 1. The summed E-state index contributed by atoms with van der Waals surface area (Å²) in [6.07, 6.45) is 3.45. The van der Waals surface area contributed by atoms with Gasteiger partial charge in [0.05, 0.1) is 12.5 Å². The normalized spacial score (nSPS) is 21.1. The van der Waals surface area contributed by atoms with Crippen LogP contribution in [0.15, 0.2) is 48.5 Å². The predicted molar refractivity (Wildman–Crippen MR) is 107 cm³/mol. The van der Waals surface area contributed by atoms with Crippen LogP contribution in [-0.2, 0) is 16.8 Å². The number of piperidine rings is 1. The Balaban J connectivity index is 1.38. The van der Waals surface area contributed by atoms with Crippen LogP contribution in [0.2, 0.25) is 0 Å². The number of likely N-dealkylation sites (tertiary alicyclic amines) is 1. The van der Waals surface area contributed by atoms with Gasteiger partial charge in [0.1, 0.15) is 11.6 Å². The van der Waals surface area contributed by atoms with Crippen LogP contribution in [0.25, 0.3) is 0 Å². The zero-order valence-electron chi connectivity index (χ0n) is 16.3. The van der Waals surface area contributed by atoms with Crippen molar-refractivity contribution < 1.29 is 13.9 Å². The Labute approximate surface area is 165 Å². The van der Waals surface area contributed by atoms with Crippen molar-refractivity contribution >= 4 is 5.91 Å². The number of halogens is 1. The Hall–Kier alpha value is -2.40. The summed E-state index contributed by atoms with van der Waals surface area (Å²) < 4.78 is 19.5. The molecule has 4 rings (SSSR count). The largest absolute Gasteiger partial charge is 0.497 e. The molecular formula is C23H27FN2O2. The second-order valence-corrected chi connectivity index (χ2v) is 7.96. The Bertz CT molecular complexity index is 850. The standard InChI is InChI=1S/C23H27FN2O2/c1-28-19-8-4-6-17(14-19)15-26-13-5-7-18(16-26)25-22(27)23(11-12-23)20-9-2-3-10-21(20)24/h2-4,6,8-10,14,18H,5,7,11-13,15-16H2,1H3,(H,25,27). The van der Waals surface area contributed by atoms with Crippen LogP contribution in [0.5, 0.6) is 5.75 Å². The summed E-state index contributed by atoms with van der Waals surface area (Å²) in [6.45, 7) is 2.67. The smallest absolute Gasteiger partial charge is 0.231 e. The minimum absolute atomic E-state index is 0.0224. The minimum atomic E-state index is -0.666. The van der Waals surface area contributed by atoms with Crippen LogP contribution in [0.1, 0.15) is 36.8 Å². The number of benzene rings is 2. The Kier molecular flexibility index (Phi) is 5.36. The second kappa shape index (κ2) is 7.92. The third-order valence-corrected chi connectivity index (χ3v) is 5.96. The van der Waals surface area contributed by atoms with Gasteiger partial charge in [0.25, 0.3) is 0 Å². The highest BCUT2D eigenvalue weighted by Gasteiger charge is 2.53. The Morgan fingerprint density at radius 1 is 1.25 bits per heavy atom. The first-order valence-corrected chi connectivity index (χ1v) is 10.0. The van der Waals surface area contributed by atoms with Crippen molar-refractivity contribution in [1.29, 1.82) is 0 Å². The number of rotatable bonds is 6. The predicted octanol–water partition coefficient (Wildman–Crippen LogP) is 3.65. The molecule has 1 aliphatic heterocycles. The molecule has 0 radical (unpaired) electrons. The molecule has 2 aromatic rings. The third-order valence-electron chi connectivity index (χ3n) is 5.96. The van der Waals surface area contributed by atoms with Gasteiger partial charge in [-0.05, 0) is 56.0 Å². The first kappa shape index (κ1) is 18.9. The maximum Gasteiger partial charge on any atom is 0.231 e. The Morgan fingerprint density at radius 2 is 2.07 bits per heavy atom. The van der Waals surface area contributed by atoms with Gasteiger partial charge in [0.2, 0.25) is 5.91 Å². The molecule has 0 aromatic heterocycles. The van der Waals surface area contributed by atoms with E-state index >= 15 is 0 Å². The first-order valence-electron chi connectivity index (χ1n) is 10.0. The molecule has 5 heteroatoms. The van der Waals surface area contributed by atoms with E-state index in [1.165, 1.54) is 11.6 Å². The molecule has 148 valence electrons. The lowest BCUT2D eigenvalue weighted by atomic mass is 9.93. The van der Waals surface area contributed by atoms with Crippen LogP contribution < -0.4 is 10.1 Å². The van der Waals surface area contributed by atoms with Gasteiger partial charge in [-0.3, -0.25) is 9.69 Å². The van der Waals surface area contributed by atoms with Crippen molar-refractivity contribution in [2.24, 2.45) is 0 Å². The summed E-state index contributed by atoms with van der Waals surface area (Å²) in [4.78, 5) is 15.4. The summed E-state index contributed by atoms with van der Waals surface area (Å²) in [5, 5.41) is 3.21. The van der Waals surface area contributed by atoms with Crippen molar-refractivity contribution in [2.45, 2.75) is 43.7 Å². The monoisotopic (exact) mass is 382 g/mol. The molecule has 1 unspecified atom stereocenters. The molecule has 2 aromatic carbocycles. The zero-order valence-corrected chi connectivity index (χ0v) is 16.3. The molecule has 4 nitrogen and oxygen atoms in total. The second-order valence-electron chi connectivity index (χ2n) is 7.96. The van der Waals surface area contributed by atoms with E-state index in [0.717, 1.165) is 51.1 Å². The SMILES string of the molecule is COc1cccc(CN2CCCC(NC(=O)C3(c4ccccc4F)CC3)C2)c1. The van der Waals surface area contributed by atoms with Crippen molar-refractivity contribution in [3.05, 3.63) is 65.5 Å². The van der Waals surface area contributed by atoms with E-state index in [2.05, 4.69) is 22.3 Å². The van der Waals surface area contributed by atoms with Crippen LogP contribution in [0.3, 0.4) is 0 Å². The molecule has 1 atom stereocenters. The number of hydrogen-bond donors (Lipinski definition) is 1. The summed E-state index contributed by atoms with van der Waals surface area (Å²) in [5.41, 5.74) is 1.08. The van der Waals surface area contributed by atoms with Crippen molar-refractivity contribution in [1.82, 2.24) is 10.2 Å². The lowest BCUT2D eigenvalue weighted by Crippen LogP contribution is -2.50. The molecule has 1 amide bonds. The maximum atomic E-state index is 14.2. The van der Waals surface area contributed by atoms with Gasteiger partial charge < -0.3 is 10.1 Å². The number of carbonyl (C=O) groups is 1. The lowest BCUT2D eigenvalue weighted by molar-refractivity contribution is -0.124. The highest BCUT2D eigenvalue weighted by Crippen LogP contribution is 2.49. The van der Waals surface area contributed by atoms with E-state index in [1.54, 1.807) is 19.2 Å². The van der Waals surface area contributed by atoms with E-state index < -0.39 is 5.41 Å². The van der Waals surface area contributed by atoms with E-state index in [-0.39, 0.29) is 17.8 Å². The van der Waals surface area contributed by atoms with Gasteiger partial charge in [-0.25, -0.2) is 4.39 Å². The molecule has 0 bridgehead atoms. The van der Waals surface area contributed by atoms with E-state index in [0.29, 0.717) is 5.56 Å². The summed E-state index contributed by atoms with van der Waals surface area (Å²) in [6, 6.07) is 14.9. The third kappa shape index (κ3) is 3.90. The van der Waals surface area contributed by atoms with E-state index in [4.69, 9.17) is 4.74 Å². The molecule has 2 fully saturated rings. The Morgan fingerprint density at radius 3 is 2.82 bits per heavy atom. The van der Waals surface area contributed by atoms with Gasteiger partial charge in [0, 0.05) is 24.7 Å². The number of methoxy groups -OCH3 is 1. The average Bonchev–Trinajstić information content (AvgIpc) is 3.51. The summed E-state index contributed by atoms with van der Waals surface area (Å²) in [7, 11) is 1.68. The lowest BCUT2D eigenvalue weighted by Gasteiger charge is -2.34. The fourth-order valence-corrected chi connectivity index (χ4v) is 4.26. The molecular weight excluding hydrogens is 355 g/mol. The zero-order chi connectivity index (χ0) is 19.6. The van der Waals surface area contributed by atoms with E-state index in [9.17, 15) is 9.18 Å². The average molecular weight is 382 g/mol. The van der Waals surface area contributed by atoms with Crippen molar-refractivity contribution in [2.75, 3.05) is 20.2 Å². The maximum absolute atomic E-state index is 14.2. The van der Waals surface area contributed by atoms with Gasteiger partial charge in [-0.2, -0.15) is 0 Å². The van der Waals surface area contributed by atoms with Crippen LogP contribution >= 0.6 is 0 Å². The number of amides is 1. The quantitative estimate of drug-likeness (QED) is 0.829. The van der Waals surface area contributed by atoms with Crippen molar-refractivity contribution in [3.63, 3.8) is 0 Å². The first-order chi connectivity index (χ1) is 13.6. The molecule has 28 heavy (non-hydrogen) atoms. The number of carbonyl (C=O) groups excluding carboxylic acids is 1. The molecule has 1 saturated carbocycles. The van der Waals surface area contributed by atoms with Crippen LogP contribution in [0.4, 0.5) is 4.39 Å². The van der Waals surface area contributed by atoms with Gasteiger partial charge in [-0.1, -0.05) is 30.3 Å². The number of nitrogens with zero attached hydrogens (tertiary/aromatic N) is 1. The number of ether oxygens (including phenoxy) is 1.